The second-order valence-corrected chi connectivity index (χ2v) is 7.47. The molecule has 1 amide bonds. The van der Waals surface area contributed by atoms with Gasteiger partial charge in [-0.3, -0.25) is 4.90 Å². The lowest BCUT2D eigenvalue weighted by atomic mass is 10.0. The van der Waals surface area contributed by atoms with Crippen molar-refractivity contribution in [1.82, 2.24) is 19.5 Å². The molecule has 2 atom stereocenters. The number of anilines is 2. The van der Waals surface area contributed by atoms with Gasteiger partial charge in [0.25, 0.3) is 0 Å². The molecule has 0 spiro atoms. The van der Waals surface area contributed by atoms with Gasteiger partial charge >= 0.3 is 6.09 Å². The Morgan fingerprint density at radius 2 is 2.04 bits per heavy atom. The van der Waals surface area contributed by atoms with Gasteiger partial charge in [-0.1, -0.05) is 19.9 Å². The number of carbonyl (C=O) groups excluding carboxylic acids is 1. The molecule has 0 bridgehead atoms. The Bertz CT molecular complexity index is 1010. The van der Waals surface area contributed by atoms with E-state index in [1.165, 1.54) is 0 Å². The minimum atomic E-state index is -0.364. The van der Waals surface area contributed by atoms with Crippen molar-refractivity contribution in [3.63, 3.8) is 0 Å². The molecule has 0 unspecified atom stereocenters. The van der Waals surface area contributed by atoms with Gasteiger partial charge in [0.1, 0.15) is 12.4 Å². The van der Waals surface area contributed by atoms with Gasteiger partial charge < -0.3 is 14.6 Å². The summed E-state index contributed by atoms with van der Waals surface area (Å²) in [4.78, 5) is 27.1. The van der Waals surface area contributed by atoms with Crippen LogP contribution >= 0.6 is 0 Å². The molecule has 1 saturated heterocycles. The van der Waals surface area contributed by atoms with E-state index in [0.717, 1.165) is 16.6 Å². The normalized spacial score (nSPS) is 18.0. The second kappa shape index (κ2) is 7.10. The fourth-order valence-electron chi connectivity index (χ4n) is 3.44. The molecule has 0 radical (unpaired) electrons. The predicted molar refractivity (Wildman–Crippen MR) is 107 cm³/mol. The van der Waals surface area contributed by atoms with E-state index in [1.807, 2.05) is 18.5 Å². The highest BCUT2D eigenvalue weighted by Crippen LogP contribution is 2.27. The van der Waals surface area contributed by atoms with Crippen molar-refractivity contribution in [2.45, 2.75) is 32.9 Å². The maximum Gasteiger partial charge on any atom is 0.415 e. The van der Waals surface area contributed by atoms with E-state index >= 15 is 0 Å². The van der Waals surface area contributed by atoms with Gasteiger partial charge in [-0.25, -0.2) is 14.8 Å². The zero-order valence-corrected chi connectivity index (χ0v) is 16.5. The van der Waals surface area contributed by atoms with Gasteiger partial charge in [0.05, 0.1) is 29.4 Å². The summed E-state index contributed by atoms with van der Waals surface area (Å²) < 4.78 is 7.21. The average Bonchev–Trinajstić information content (AvgIpc) is 3.24. The number of nitrogens with zero attached hydrogens (tertiary/aromatic N) is 5. The lowest BCUT2D eigenvalue weighted by molar-refractivity contribution is 0.177. The lowest BCUT2D eigenvalue weighted by Gasteiger charge is -2.23. The largest absolute Gasteiger partial charge is 0.447 e. The second-order valence-electron chi connectivity index (χ2n) is 7.47. The number of hydrogen-bond donors (Lipinski definition) is 1. The van der Waals surface area contributed by atoms with Crippen molar-refractivity contribution in [2.75, 3.05) is 16.8 Å². The summed E-state index contributed by atoms with van der Waals surface area (Å²) in [6.07, 6.45) is 3.10. The van der Waals surface area contributed by atoms with E-state index in [4.69, 9.17) is 4.74 Å². The zero-order valence-electron chi connectivity index (χ0n) is 16.5. The first-order valence-corrected chi connectivity index (χ1v) is 9.40. The summed E-state index contributed by atoms with van der Waals surface area (Å²) in [6.45, 7) is 6.55. The van der Waals surface area contributed by atoms with Crippen LogP contribution in [0.1, 0.15) is 32.4 Å². The molecule has 28 heavy (non-hydrogen) atoms. The summed E-state index contributed by atoms with van der Waals surface area (Å²) in [5.74, 6) is 1.28. The van der Waals surface area contributed by atoms with Gasteiger partial charge in [0, 0.05) is 13.2 Å². The first-order chi connectivity index (χ1) is 13.4. The molecule has 1 aliphatic heterocycles. The smallest absolute Gasteiger partial charge is 0.415 e. The van der Waals surface area contributed by atoms with Crippen LogP contribution < -0.4 is 10.2 Å². The Labute approximate surface area is 163 Å². The molecule has 2 aromatic heterocycles. The van der Waals surface area contributed by atoms with Crippen molar-refractivity contribution in [3.8, 4) is 0 Å². The highest BCUT2D eigenvalue weighted by Gasteiger charge is 2.37. The molecule has 1 N–H and O–H groups in total. The number of amides is 1. The first kappa shape index (κ1) is 18.2. The molecule has 0 saturated carbocycles. The highest BCUT2D eigenvalue weighted by atomic mass is 16.6. The Kier molecular flexibility index (Phi) is 4.62. The van der Waals surface area contributed by atoms with E-state index in [1.54, 1.807) is 23.5 Å². The number of cyclic esters (lactones) is 1. The van der Waals surface area contributed by atoms with E-state index < -0.39 is 0 Å². The van der Waals surface area contributed by atoms with Crippen molar-refractivity contribution in [2.24, 2.45) is 13.0 Å². The molecule has 1 fully saturated rings. The molecule has 0 aliphatic carbocycles. The van der Waals surface area contributed by atoms with Crippen LogP contribution in [0.5, 0.6) is 0 Å². The van der Waals surface area contributed by atoms with E-state index in [2.05, 4.69) is 52.3 Å². The molecular weight excluding hydrogens is 356 g/mol. The van der Waals surface area contributed by atoms with E-state index in [9.17, 15) is 4.79 Å². The van der Waals surface area contributed by atoms with Crippen LogP contribution in [0, 0.1) is 5.92 Å². The molecule has 4 rings (SSSR count). The number of hydrogen-bond acceptors (Lipinski definition) is 6. The van der Waals surface area contributed by atoms with Gasteiger partial charge in [-0.15, -0.1) is 0 Å². The van der Waals surface area contributed by atoms with Crippen LogP contribution in [-0.2, 0) is 11.8 Å². The standard InChI is InChI=1S/C20H24N6O2/c1-12(2)17-10-28-20(27)26(17)18-7-8-21-19(24-18)23-13(3)14-5-6-16-15(9-14)22-11-25(16)4/h5-9,11-13,17H,10H2,1-4H3,(H,21,23,24)/t13-,17-/m1/s1. The molecule has 1 aliphatic rings. The minimum absolute atomic E-state index is 0.0203. The summed E-state index contributed by atoms with van der Waals surface area (Å²) >= 11 is 0. The average molecular weight is 380 g/mol. The lowest BCUT2D eigenvalue weighted by Crippen LogP contribution is -2.37. The first-order valence-electron chi connectivity index (χ1n) is 9.40. The van der Waals surface area contributed by atoms with E-state index in [0.29, 0.717) is 18.4 Å². The van der Waals surface area contributed by atoms with E-state index in [-0.39, 0.29) is 24.1 Å². The number of aromatic nitrogens is 4. The number of nitrogens with one attached hydrogen (secondary N) is 1. The summed E-state index contributed by atoms with van der Waals surface area (Å²) in [5.41, 5.74) is 3.12. The number of carbonyl (C=O) groups is 1. The quantitative estimate of drug-likeness (QED) is 0.729. The van der Waals surface area contributed by atoms with Crippen LogP contribution in [-0.4, -0.2) is 38.3 Å². The Balaban J connectivity index is 1.56. The third-order valence-corrected chi connectivity index (χ3v) is 5.16. The molecule has 1 aromatic carbocycles. The summed E-state index contributed by atoms with van der Waals surface area (Å²) in [5, 5.41) is 3.32. The van der Waals surface area contributed by atoms with Crippen LogP contribution in [0.25, 0.3) is 11.0 Å². The van der Waals surface area contributed by atoms with Gasteiger partial charge in [0.15, 0.2) is 0 Å². The number of aryl methyl sites for hydroxylation is 1. The Morgan fingerprint density at radius 3 is 2.82 bits per heavy atom. The molecule has 3 heterocycles. The number of ether oxygens (including phenoxy) is 1. The van der Waals surface area contributed by atoms with Crippen LogP contribution in [0.2, 0.25) is 0 Å². The zero-order chi connectivity index (χ0) is 19.8. The van der Waals surface area contributed by atoms with Crippen molar-refractivity contribution < 1.29 is 9.53 Å². The summed E-state index contributed by atoms with van der Waals surface area (Å²) in [6, 6.07) is 7.87. The number of benzene rings is 1. The van der Waals surface area contributed by atoms with Crippen LogP contribution in [0.3, 0.4) is 0 Å². The van der Waals surface area contributed by atoms with Crippen molar-refractivity contribution in [3.05, 3.63) is 42.4 Å². The third-order valence-electron chi connectivity index (χ3n) is 5.16. The van der Waals surface area contributed by atoms with Crippen LogP contribution in [0.15, 0.2) is 36.8 Å². The van der Waals surface area contributed by atoms with Gasteiger partial charge in [-0.05, 0) is 36.6 Å². The highest BCUT2D eigenvalue weighted by molar-refractivity contribution is 5.89. The SMILES string of the molecule is CC(C)[C@H]1COC(=O)N1c1ccnc(N[C@H](C)c2ccc3c(c2)ncn3C)n1. The predicted octanol–water partition coefficient (Wildman–Crippen LogP) is 3.52. The van der Waals surface area contributed by atoms with Crippen molar-refractivity contribution >= 4 is 28.9 Å². The molecule has 8 nitrogen and oxygen atoms in total. The number of rotatable bonds is 5. The number of fused-ring (bicyclic) bond motifs is 1. The number of imidazole rings is 1. The molecule has 146 valence electrons. The van der Waals surface area contributed by atoms with Crippen LogP contribution in [0.4, 0.5) is 16.6 Å². The Morgan fingerprint density at radius 1 is 1.21 bits per heavy atom. The van der Waals surface area contributed by atoms with Crippen molar-refractivity contribution in [1.29, 1.82) is 0 Å². The molecular formula is C20H24N6O2. The van der Waals surface area contributed by atoms with Gasteiger partial charge in [-0.2, -0.15) is 4.98 Å². The maximum atomic E-state index is 12.2. The van der Waals surface area contributed by atoms with Gasteiger partial charge in [0.2, 0.25) is 5.95 Å². The minimum Gasteiger partial charge on any atom is -0.447 e. The fraction of sp³-hybridized carbons (Fsp3) is 0.400. The fourth-order valence-corrected chi connectivity index (χ4v) is 3.44. The molecule has 3 aromatic rings. The third kappa shape index (κ3) is 3.26. The topological polar surface area (TPSA) is 85.2 Å². The summed E-state index contributed by atoms with van der Waals surface area (Å²) in [7, 11) is 1.98. The monoisotopic (exact) mass is 380 g/mol. The Hall–Kier alpha value is -3.16. The molecule has 8 heteroatoms. The maximum absolute atomic E-state index is 12.2.